The molecule has 0 bridgehead atoms. The third kappa shape index (κ3) is 4.28. The molecule has 0 fully saturated rings. The fourth-order valence-electron chi connectivity index (χ4n) is 0.998. The molecular formula is C9H13NO2SY. The van der Waals surface area contributed by atoms with Crippen LogP contribution in [0.15, 0.2) is 29.2 Å². The second-order valence-corrected chi connectivity index (χ2v) is 3.46. The number of hydrogen-bond donors (Lipinski definition) is 1. The van der Waals surface area contributed by atoms with E-state index in [1.807, 2.05) is 31.3 Å². The molecule has 0 aliphatic heterocycles. The molecular weight excluding hydrogens is 275 g/mol. The van der Waals surface area contributed by atoms with E-state index >= 15 is 0 Å². The van der Waals surface area contributed by atoms with Gasteiger partial charge in [-0.1, -0.05) is 6.07 Å². The Bertz CT molecular complexity index is 273. The summed E-state index contributed by atoms with van der Waals surface area (Å²) in [4.78, 5) is 3.00. The fraction of sp³-hybridized carbons (Fsp3) is 0.333. The van der Waals surface area contributed by atoms with Crippen LogP contribution in [0, 0.1) is 0 Å². The van der Waals surface area contributed by atoms with Crippen molar-refractivity contribution in [3.05, 3.63) is 24.3 Å². The molecule has 0 aliphatic rings. The number of rotatable bonds is 4. The molecule has 1 aromatic carbocycles. The standard InChI is InChI=1S/C9H13NO2S.Y/c1-3-10(2)8-5-4-6-9(7-8)13-12-11;/h4-7,11H,3H2,1-2H3;. The Balaban J connectivity index is 0.00000169. The second-order valence-electron chi connectivity index (χ2n) is 2.67. The zero-order chi connectivity index (χ0) is 9.68. The van der Waals surface area contributed by atoms with Gasteiger partial charge in [-0.05, 0) is 25.1 Å². The maximum Gasteiger partial charge on any atom is 0.0680 e. The summed E-state index contributed by atoms with van der Waals surface area (Å²) in [7, 11) is 2.02. The molecule has 0 unspecified atom stereocenters. The van der Waals surface area contributed by atoms with Crippen LogP contribution in [-0.2, 0) is 37.0 Å². The summed E-state index contributed by atoms with van der Waals surface area (Å²) in [5.74, 6) is 0. The van der Waals surface area contributed by atoms with Gasteiger partial charge in [0.2, 0.25) is 0 Å². The van der Waals surface area contributed by atoms with Crippen molar-refractivity contribution >= 4 is 17.7 Å². The van der Waals surface area contributed by atoms with Gasteiger partial charge < -0.3 is 4.90 Å². The molecule has 3 nitrogen and oxygen atoms in total. The summed E-state index contributed by atoms with van der Waals surface area (Å²) in [5, 5.41) is 8.26. The van der Waals surface area contributed by atoms with E-state index in [1.54, 1.807) is 0 Å². The SMILES string of the molecule is CCN(C)c1cccc(SOO)c1.[Y]. The van der Waals surface area contributed by atoms with Gasteiger partial charge in [-0.25, -0.2) is 5.26 Å². The molecule has 0 atom stereocenters. The predicted molar refractivity (Wildman–Crippen MR) is 55.0 cm³/mol. The van der Waals surface area contributed by atoms with E-state index in [1.165, 1.54) is 0 Å². The first kappa shape index (κ1) is 14.4. The quantitative estimate of drug-likeness (QED) is 0.524. The van der Waals surface area contributed by atoms with Gasteiger partial charge >= 0.3 is 0 Å². The van der Waals surface area contributed by atoms with Crippen molar-refractivity contribution in [3.8, 4) is 0 Å². The maximum atomic E-state index is 8.26. The summed E-state index contributed by atoms with van der Waals surface area (Å²) in [6.07, 6.45) is 0. The molecule has 1 aromatic rings. The number of nitrogens with zero attached hydrogens (tertiary/aromatic N) is 1. The number of anilines is 1. The van der Waals surface area contributed by atoms with E-state index in [0.717, 1.165) is 29.2 Å². The zero-order valence-electron chi connectivity index (χ0n) is 8.30. The van der Waals surface area contributed by atoms with E-state index < -0.39 is 0 Å². The van der Waals surface area contributed by atoms with E-state index in [0.29, 0.717) is 0 Å². The molecule has 1 radical (unpaired) electrons. The molecule has 14 heavy (non-hydrogen) atoms. The first-order valence-corrected chi connectivity index (χ1v) is 4.81. The third-order valence-corrected chi connectivity index (χ3v) is 2.39. The van der Waals surface area contributed by atoms with Crippen LogP contribution in [0.25, 0.3) is 0 Å². The molecule has 0 spiro atoms. The van der Waals surface area contributed by atoms with Crippen molar-refractivity contribution in [2.45, 2.75) is 11.8 Å². The summed E-state index contributed by atoms with van der Waals surface area (Å²) >= 11 is 0.946. The van der Waals surface area contributed by atoms with Gasteiger partial charge in [0, 0.05) is 56.9 Å². The Morgan fingerprint density at radius 1 is 1.50 bits per heavy atom. The summed E-state index contributed by atoms with van der Waals surface area (Å²) < 4.78 is 3.99. The molecule has 1 rings (SSSR count). The van der Waals surface area contributed by atoms with Crippen LogP contribution in [0.1, 0.15) is 6.92 Å². The van der Waals surface area contributed by atoms with E-state index in [9.17, 15) is 0 Å². The predicted octanol–water partition coefficient (Wildman–Crippen LogP) is 2.64. The molecule has 0 saturated heterocycles. The van der Waals surface area contributed by atoms with Crippen molar-refractivity contribution < 1.29 is 42.3 Å². The molecule has 0 aromatic heterocycles. The average Bonchev–Trinajstić information content (AvgIpc) is 2.18. The van der Waals surface area contributed by atoms with Gasteiger partial charge in [0.1, 0.15) is 0 Å². The Labute approximate surface area is 114 Å². The first-order chi connectivity index (χ1) is 6.27. The molecule has 0 aliphatic carbocycles. The van der Waals surface area contributed by atoms with Crippen LogP contribution >= 0.6 is 12.0 Å². The Kier molecular flexibility index (Phi) is 7.87. The van der Waals surface area contributed by atoms with Crippen LogP contribution in [0.5, 0.6) is 0 Å². The Morgan fingerprint density at radius 3 is 2.79 bits per heavy atom. The minimum atomic E-state index is 0. The third-order valence-electron chi connectivity index (χ3n) is 1.87. The molecule has 0 saturated carbocycles. The smallest absolute Gasteiger partial charge is 0.0680 e. The summed E-state index contributed by atoms with van der Waals surface area (Å²) in [6, 6.07) is 7.80. The van der Waals surface area contributed by atoms with Crippen molar-refractivity contribution in [3.63, 3.8) is 0 Å². The van der Waals surface area contributed by atoms with Crippen molar-refractivity contribution in [2.24, 2.45) is 0 Å². The van der Waals surface area contributed by atoms with E-state index in [-0.39, 0.29) is 32.7 Å². The largest absolute Gasteiger partial charge is 0.375 e. The Hall–Kier alpha value is 0.394. The normalized spacial score (nSPS) is 9.36. The first-order valence-electron chi connectivity index (χ1n) is 4.07. The van der Waals surface area contributed by atoms with Crippen LogP contribution in [0.2, 0.25) is 0 Å². The topological polar surface area (TPSA) is 32.7 Å². The van der Waals surface area contributed by atoms with Gasteiger partial charge in [-0.2, -0.15) is 4.33 Å². The van der Waals surface area contributed by atoms with Crippen molar-refractivity contribution in [2.75, 3.05) is 18.5 Å². The summed E-state index contributed by atoms with van der Waals surface area (Å²) in [5.41, 5.74) is 1.12. The Morgan fingerprint density at radius 2 is 2.21 bits per heavy atom. The van der Waals surface area contributed by atoms with Crippen molar-refractivity contribution in [1.82, 2.24) is 0 Å². The minimum absolute atomic E-state index is 0. The van der Waals surface area contributed by atoms with Crippen LogP contribution in [-0.4, -0.2) is 18.8 Å². The molecule has 75 valence electrons. The van der Waals surface area contributed by atoms with E-state index in [2.05, 4.69) is 16.2 Å². The van der Waals surface area contributed by atoms with Gasteiger partial charge in [0.25, 0.3) is 0 Å². The average molecular weight is 288 g/mol. The van der Waals surface area contributed by atoms with Crippen LogP contribution in [0.4, 0.5) is 5.69 Å². The number of benzene rings is 1. The fourth-order valence-corrected chi connectivity index (χ4v) is 1.39. The molecule has 5 heteroatoms. The summed E-state index contributed by atoms with van der Waals surface area (Å²) in [6.45, 7) is 3.04. The number of hydrogen-bond acceptors (Lipinski definition) is 4. The molecule has 1 N–H and O–H groups in total. The van der Waals surface area contributed by atoms with Crippen molar-refractivity contribution in [1.29, 1.82) is 0 Å². The van der Waals surface area contributed by atoms with Crippen LogP contribution < -0.4 is 4.90 Å². The van der Waals surface area contributed by atoms with E-state index in [4.69, 9.17) is 5.26 Å². The monoisotopic (exact) mass is 288 g/mol. The zero-order valence-corrected chi connectivity index (χ0v) is 12.0. The molecule has 0 amide bonds. The second kappa shape index (κ2) is 7.66. The van der Waals surface area contributed by atoms with Gasteiger partial charge in [0.05, 0.1) is 12.0 Å². The van der Waals surface area contributed by atoms with Gasteiger partial charge in [-0.3, -0.25) is 0 Å². The van der Waals surface area contributed by atoms with Gasteiger partial charge in [-0.15, -0.1) is 0 Å². The molecule has 0 heterocycles. The van der Waals surface area contributed by atoms with Crippen LogP contribution in [0.3, 0.4) is 0 Å². The van der Waals surface area contributed by atoms with Gasteiger partial charge in [0.15, 0.2) is 0 Å². The minimum Gasteiger partial charge on any atom is -0.375 e. The maximum absolute atomic E-state index is 8.26.